The van der Waals surface area contributed by atoms with E-state index in [9.17, 15) is 4.79 Å². The Morgan fingerprint density at radius 2 is 1.87 bits per heavy atom. The highest BCUT2D eigenvalue weighted by atomic mass is 16.1. The van der Waals surface area contributed by atoms with Gasteiger partial charge in [0, 0.05) is 12.3 Å². The molecular weight excluding hydrogens is 184 g/mol. The molecule has 0 rings (SSSR count). The second-order valence-electron chi connectivity index (χ2n) is 5.37. The molecule has 0 saturated heterocycles. The Morgan fingerprint density at radius 1 is 1.27 bits per heavy atom. The maximum absolute atomic E-state index is 11.8. The van der Waals surface area contributed by atoms with Crippen molar-refractivity contribution in [3.05, 3.63) is 12.2 Å². The Labute approximate surface area is 95.0 Å². The SMILES string of the molecule is C/C=C/CCCCC(=O)C(C)C(C)(C)C. The number of allylic oxidation sites excluding steroid dienone is 2. The van der Waals surface area contributed by atoms with Gasteiger partial charge >= 0.3 is 0 Å². The summed E-state index contributed by atoms with van der Waals surface area (Å²) in [5, 5.41) is 0. The molecule has 0 fully saturated rings. The highest BCUT2D eigenvalue weighted by Crippen LogP contribution is 2.27. The second-order valence-corrected chi connectivity index (χ2v) is 5.37. The Hall–Kier alpha value is -0.590. The van der Waals surface area contributed by atoms with Gasteiger partial charge in [0.15, 0.2) is 0 Å². The fourth-order valence-corrected chi connectivity index (χ4v) is 1.43. The monoisotopic (exact) mass is 210 g/mol. The summed E-state index contributed by atoms with van der Waals surface area (Å²) in [7, 11) is 0. The van der Waals surface area contributed by atoms with Crippen LogP contribution >= 0.6 is 0 Å². The summed E-state index contributed by atoms with van der Waals surface area (Å²) in [4.78, 5) is 11.8. The summed E-state index contributed by atoms with van der Waals surface area (Å²) in [5.41, 5.74) is 0.112. The minimum atomic E-state index is 0.112. The van der Waals surface area contributed by atoms with E-state index in [0.29, 0.717) is 5.78 Å². The predicted octanol–water partition coefficient (Wildman–Crippen LogP) is 4.37. The van der Waals surface area contributed by atoms with Gasteiger partial charge in [-0.15, -0.1) is 0 Å². The van der Waals surface area contributed by atoms with E-state index in [2.05, 4.69) is 32.9 Å². The van der Waals surface area contributed by atoms with E-state index in [1.165, 1.54) is 0 Å². The van der Waals surface area contributed by atoms with Crippen molar-refractivity contribution < 1.29 is 4.79 Å². The normalized spacial score (nSPS) is 14.5. The van der Waals surface area contributed by atoms with Gasteiger partial charge in [-0.1, -0.05) is 39.8 Å². The van der Waals surface area contributed by atoms with Crippen molar-refractivity contribution in [3.8, 4) is 0 Å². The van der Waals surface area contributed by atoms with Crippen molar-refractivity contribution in [2.75, 3.05) is 0 Å². The molecule has 0 N–H and O–H groups in total. The van der Waals surface area contributed by atoms with E-state index >= 15 is 0 Å². The lowest BCUT2D eigenvalue weighted by molar-refractivity contribution is -0.125. The third-order valence-corrected chi connectivity index (χ3v) is 3.06. The molecule has 0 spiro atoms. The van der Waals surface area contributed by atoms with Gasteiger partial charge in [-0.25, -0.2) is 0 Å². The molecule has 0 aromatic rings. The van der Waals surface area contributed by atoms with Crippen LogP contribution in [-0.2, 0) is 4.79 Å². The largest absolute Gasteiger partial charge is 0.299 e. The molecule has 0 heterocycles. The number of rotatable bonds is 6. The standard InChI is InChI=1S/C14H26O/c1-6-7-8-9-10-11-13(15)12(2)14(3,4)5/h6-7,12H,8-11H2,1-5H3/b7-6+. The summed E-state index contributed by atoms with van der Waals surface area (Å²) >= 11 is 0. The lowest BCUT2D eigenvalue weighted by Gasteiger charge is -2.25. The Morgan fingerprint density at radius 3 is 2.33 bits per heavy atom. The summed E-state index contributed by atoms with van der Waals surface area (Å²) in [6.07, 6.45) is 8.25. The fourth-order valence-electron chi connectivity index (χ4n) is 1.43. The van der Waals surface area contributed by atoms with Crippen LogP contribution < -0.4 is 0 Å². The van der Waals surface area contributed by atoms with Gasteiger partial charge in [-0.2, -0.15) is 0 Å². The van der Waals surface area contributed by atoms with Crippen molar-refractivity contribution in [2.45, 2.75) is 60.3 Å². The number of ketones is 1. The number of carbonyl (C=O) groups is 1. The van der Waals surface area contributed by atoms with Crippen LogP contribution in [0.25, 0.3) is 0 Å². The van der Waals surface area contributed by atoms with Gasteiger partial charge in [-0.3, -0.25) is 4.79 Å². The van der Waals surface area contributed by atoms with Gasteiger partial charge < -0.3 is 0 Å². The van der Waals surface area contributed by atoms with Crippen LogP contribution in [0.5, 0.6) is 0 Å². The zero-order valence-corrected chi connectivity index (χ0v) is 11.0. The fraction of sp³-hybridized carbons (Fsp3) is 0.786. The first-order valence-corrected chi connectivity index (χ1v) is 6.03. The quantitative estimate of drug-likeness (QED) is 0.470. The number of carbonyl (C=O) groups excluding carboxylic acids is 1. The maximum atomic E-state index is 11.8. The van der Waals surface area contributed by atoms with Crippen LogP contribution in [0.1, 0.15) is 60.3 Å². The van der Waals surface area contributed by atoms with Crippen LogP contribution in [0.2, 0.25) is 0 Å². The molecule has 15 heavy (non-hydrogen) atoms. The van der Waals surface area contributed by atoms with Crippen LogP contribution in [0, 0.1) is 11.3 Å². The molecule has 0 aliphatic rings. The van der Waals surface area contributed by atoms with Crippen molar-refractivity contribution in [1.82, 2.24) is 0 Å². The first-order chi connectivity index (χ1) is 6.89. The van der Waals surface area contributed by atoms with Crippen molar-refractivity contribution in [3.63, 3.8) is 0 Å². The zero-order valence-electron chi connectivity index (χ0n) is 11.0. The molecule has 0 bridgehead atoms. The van der Waals surface area contributed by atoms with E-state index < -0.39 is 0 Å². The third kappa shape index (κ3) is 6.48. The molecule has 1 heteroatoms. The van der Waals surface area contributed by atoms with Gasteiger partial charge in [-0.05, 0) is 31.6 Å². The zero-order chi connectivity index (χ0) is 11.9. The molecule has 1 nitrogen and oxygen atoms in total. The van der Waals surface area contributed by atoms with E-state index in [0.717, 1.165) is 25.7 Å². The molecule has 0 amide bonds. The van der Waals surface area contributed by atoms with E-state index in [1.54, 1.807) is 0 Å². The van der Waals surface area contributed by atoms with Crippen LogP contribution in [0.15, 0.2) is 12.2 Å². The van der Waals surface area contributed by atoms with Gasteiger partial charge in [0.25, 0.3) is 0 Å². The summed E-state index contributed by atoms with van der Waals surface area (Å²) in [6.45, 7) is 10.5. The van der Waals surface area contributed by atoms with Gasteiger partial charge in [0.05, 0.1) is 0 Å². The summed E-state index contributed by atoms with van der Waals surface area (Å²) < 4.78 is 0. The Bertz CT molecular complexity index is 208. The molecule has 0 aromatic heterocycles. The molecule has 0 aromatic carbocycles. The molecule has 0 aliphatic heterocycles. The van der Waals surface area contributed by atoms with E-state index in [4.69, 9.17) is 0 Å². The molecule has 0 aliphatic carbocycles. The van der Waals surface area contributed by atoms with E-state index in [-0.39, 0.29) is 11.3 Å². The average molecular weight is 210 g/mol. The topological polar surface area (TPSA) is 17.1 Å². The lowest BCUT2D eigenvalue weighted by atomic mass is 9.78. The first-order valence-electron chi connectivity index (χ1n) is 6.03. The number of Topliss-reactive ketones (excluding diaryl/α,β-unsaturated/α-hetero) is 1. The molecule has 0 saturated carbocycles. The maximum Gasteiger partial charge on any atom is 0.136 e. The van der Waals surface area contributed by atoms with Crippen LogP contribution in [-0.4, -0.2) is 5.78 Å². The third-order valence-electron chi connectivity index (χ3n) is 3.06. The second kappa shape index (κ2) is 6.81. The number of hydrogen-bond donors (Lipinski definition) is 0. The number of hydrogen-bond acceptors (Lipinski definition) is 1. The van der Waals surface area contributed by atoms with Crippen LogP contribution in [0.4, 0.5) is 0 Å². The van der Waals surface area contributed by atoms with Gasteiger partial charge in [0.2, 0.25) is 0 Å². The molecule has 1 atom stereocenters. The van der Waals surface area contributed by atoms with Crippen molar-refractivity contribution in [1.29, 1.82) is 0 Å². The molecule has 1 unspecified atom stereocenters. The highest BCUT2D eigenvalue weighted by molar-refractivity contribution is 5.81. The first kappa shape index (κ1) is 14.4. The average Bonchev–Trinajstić information content (AvgIpc) is 2.14. The summed E-state index contributed by atoms with van der Waals surface area (Å²) in [5.74, 6) is 0.599. The lowest BCUT2D eigenvalue weighted by Crippen LogP contribution is -2.25. The Balaban J connectivity index is 3.75. The predicted molar refractivity (Wildman–Crippen MR) is 66.9 cm³/mol. The molecule has 0 radical (unpaired) electrons. The Kier molecular flexibility index (Phi) is 6.55. The molecule has 88 valence electrons. The van der Waals surface area contributed by atoms with Gasteiger partial charge in [0.1, 0.15) is 5.78 Å². The number of unbranched alkanes of at least 4 members (excludes halogenated alkanes) is 2. The van der Waals surface area contributed by atoms with Crippen molar-refractivity contribution in [2.24, 2.45) is 11.3 Å². The van der Waals surface area contributed by atoms with Crippen LogP contribution in [0.3, 0.4) is 0 Å². The van der Waals surface area contributed by atoms with Crippen molar-refractivity contribution >= 4 is 5.78 Å². The highest BCUT2D eigenvalue weighted by Gasteiger charge is 2.25. The smallest absolute Gasteiger partial charge is 0.136 e. The minimum Gasteiger partial charge on any atom is -0.299 e. The van der Waals surface area contributed by atoms with E-state index in [1.807, 2.05) is 13.8 Å². The minimum absolute atomic E-state index is 0.112. The molecular formula is C14H26O. The summed E-state index contributed by atoms with van der Waals surface area (Å²) in [6, 6.07) is 0.